The summed E-state index contributed by atoms with van der Waals surface area (Å²) in [6, 6.07) is 14.4. The predicted molar refractivity (Wildman–Crippen MR) is 107 cm³/mol. The van der Waals surface area contributed by atoms with Crippen molar-refractivity contribution in [2.24, 2.45) is 0 Å². The fourth-order valence-electron chi connectivity index (χ4n) is 2.59. The van der Waals surface area contributed by atoms with Gasteiger partial charge in [0.05, 0.1) is 0 Å². The molecule has 2 N–H and O–H groups in total. The molecule has 0 fully saturated rings. The molecule has 0 aliphatic rings. The van der Waals surface area contributed by atoms with E-state index in [2.05, 4.69) is 70.6 Å². The average Bonchev–Trinajstić information content (AvgIpc) is 2.60. The van der Waals surface area contributed by atoms with Gasteiger partial charge in [-0.1, -0.05) is 32.9 Å². The minimum Gasteiger partial charge on any atom is -0.350 e. The van der Waals surface area contributed by atoms with Crippen LogP contribution in [0.25, 0.3) is 0 Å². The van der Waals surface area contributed by atoms with Gasteiger partial charge in [0, 0.05) is 36.4 Å². The van der Waals surface area contributed by atoms with Crippen LogP contribution in [0.15, 0.2) is 54.9 Å². The van der Waals surface area contributed by atoms with E-state index in [1.54, 1.807) is 12.4 Å². The van der Waals surface area contributed by atoms with Crippen molar-refractivity contribution >= 4 is 17.5 Å². The first kappa shape index (κ1) is 17.9. The second-order valence-electron chi connectivity index (χ2n) is 7.38. The van der Waals surface area contributed by atoms with Crippen LogP contribution < -0.4 is 10.6 Å². The van der Waals surface area contributed by atoms with Gasteiger partial charge in [-0.05, 0) is 47.7 Å². The van der Waals surface area contributed by atoms with Gasteiger partial charge in [0.1, 0.15) is 5.82 Å². The maximum absolute atomic E-state index is 4.57. The van der Waals surface area contributed by atoms with Crippen LogP contribution in [0, 0.1) is 6.92 Å². The van der Waals surface area contributed by atoms with Crippen molar-refractivity contribution in [3.8, 4) is 0 Å². The Labute approximate surface area is 154 Å². The van der Waals surface area contributed by atoms with E-state index in [1.165, 1.54) is 5.56 Å². The smallest absolute Gasteiger partial charge is 0.225 e. The molecule has 0 saturated carbocycles. The van der Waals surface area contributed by atoms with E-state index >= 15 is 0 Å². The minimum atomic E-state index is 0.147. The van der Waals surface area contributed by atoms with Crippen LogP contribution >= 0.6 is 0 Å². The van der Waals surface area contributed by atoms with E-state index in [9.17, 15) is 0 Å². The molecule has 134 valence electrons. The predicted octanol–water partition coefficient (Wildman–Crippen LogP) is 4.83. The zero-order valence-corrected chi connectivity index (χ0v) is 15.7. The SMILES string of the molecule is Cc1cc(Nc2ccc(C(C)(C)C)cc2)nc(NCc2ccncc2)n1. The molecule has 0 amide bonds. The van der Waals surface area contributed by atoms with Gasteiger partial charge in [-0.3, -0.25) is 4.98 Å². The zero-order valence-electron chi connectivity index (χ0n) is 15.7. The Bertz CT molecular complexity index is 852. The monoisotopic (exact) mass is 347 g/mol. The summed E-state index contributed by atoms with van der Waals surface area (Å²) in [5.41, 5.74) is 4.51. The van der Waals surface area contributed by atoms with E-state index in [0.717, 1.165) is 22.8 Å². The Hall–Kier alpha value is -2.95. The number of pyridine rings is 1. The number of rotatable bonds is 5. The van der Waals surface area contributed by atoms with Crippen LogP contribution in [0.3, 0.4) is 0 Å². The molecular weight excluding hydrogens is 322 g/mol. The van der Waals surface area contributed by atoms with E-state index in [4.69, 9.17) is 0 Å². The Kier molecular flexibility index (Phi) is 5.16. The molecule has 5 heteroatoms. The molecule has 5 nitrogen and oxygen atoms in total. The number of anilines is 3. The summed E-state index contributed by atoms with van der Waals surface area (Å²) in [6.45, 7) is 9.26. The third-order valence-corrected chi connectivity index (χ3v) is 4.08. The lowest BCUT2D eigenvalue weighted by Crippen LogP contribution is -2.10. The number of benzene rings is 1. The van der Waals surface area contributed by atoms with E-state index in [1.807, 2.05) is 25.1 Å². The fourth-order valence-corrected chi connectivity index (χ4v) is 2.59. The highest BCUT2D eigenvalue weighted by Gasteiger charge is 2.13. The molecule has 0 aliphatic carbocycles. The summed E-state index contributed by atoms with van der Waals surface area (Å²) in [7, 11) is 0. The maximum atomic E-state index is 4.57. The molecule has 0 radical (unpaired) electrons. The Balaban J connectivity index is 1.71. The molecule has 0 aliphatic heterocycles. The van der Waals surface area contributed by atoms with Crippen molar-refractivity contribution < 1.29 is 0 Å². The van der Waals surface area contributed by atoms with Gasteiger partial charge in [-0.25, -0.2) is 4.98 Å². The quantitative estimate of drug-likeness (QED) is 0.692. The lowest BCUT2D eigenvalue weighted by Gasteiger charge is -2.19. The van der Waals surface area contributed by atoms with Crippen molar-refractivity contribution in [2.75, 3.05) is 10.6 Å². The van der Waals surface area contributed by atoms with Gasteiger partial charge < -0.3 is 10.6 Å². The molecule has 2 aromatic heterocycles. The van der Waals surface area contributed by atoms with Crippen LogP contribution in [0.1, 0.15) is 37.6 Å². The lowest BCUT2D eigenvalue weighted by atomic mass is 9.87. The van der Waals surface area contributed by atoms with Crippen LogP contribution in [-0.2, 0) is 12.0 Å². The van der Waals surface area contributed by atoms with E-state index in [0.29, 0.717) is 12.5 Å². The Morgan fingerprint density at radius 3 is 2.27 bits per heavy atom. The molecule has 3 aromatic rings. The number of nitrogens with zero attached hydrogens (tertiary/aromatic N) is 3. The second kappa shape index (κ2) is 7.52. The number of aryl methyl sites for hydroxylation is 1. The van der Waals surface area contributed by atoms with Crippen LogP contribution in [-0.4, -0.2) is 15.0 Å². The first-order valence-corrected chi connectivity index (χ1v) is 8.76. The maximum Gasteiger partial charge on any atom is 0.225 e. The van der Waals surface area contributed by atoms with Gasteiger partial charge in [-0.2, -0.15) is 4.98 Å². The first-order valence-electron chi connectivity index (χ1n) is 8.76. The van der Waals surface area contributed by atoms with Gasteiger partial charge >= 0.3 is 0 Å². The van der Waals surface area contributed by atoms with Gasteiger partial charge in [-0.15, -0.1) is 0 Å². The largest absolute Gasteiger partial charge is 0.350 e. The summed E-state index contributed by atoms with van der Waals surface area (Å²) >= 11 is 0. The van der Waals surface area contributed by atoms with Crippen LogP contribution in [0.2, 0.25) is 0 Å². The Morgan fingerprint density at radius 2 is 1.62 bits per heavy atom. The van der Waals surface area contributed by atoms with Gasteiger partial charge in [0.2, 0.25) is 5.95 Å². The molecule has 26 heavy (non-hydrogen) atoms. The highest BCUT2D eigenvalue weighted by atomic mass is 15.1. The molecule has 0 spiro atoms. The van der Waals surface area contributed by atoms with Crippen molar-refractivity contribution in [1.29, 1.82) is 0 Å². The summed E-state index contributed by atoms with van der Waals surface area (Å²) in [4.78, 5) is 13.1. The molecular formula is C21H25N5. The molecule has 1 aromatic carbocycles. The van der Waals surface area contributed by atoms with Crippen molar-refractivity contribution in [3.05, 3.63) is 71.7 Å². The normalized spacial score (nSPS) is 11.2. The molecule has 0 saturated heterocycles. The summed E-state index contributed by atoms with van der Waals surface area (Å²) < 4.78 is 0. The topological polar surface area (TPSA) is 62.7 Å². The molecule has 2 heterocycles. The van der Waals surface area contributed by atoms with Crippen molar-refractivity contribution in [2.45, 2.75) is 39.7 Å². The van der Waals surface area contributed by atoms with Gasteiger partial charge in [0.25, 0.3) is 0 Å². The molecule has 0 unspecified atom stereocenters. The van der Waals surface area contributed by atoms with E-state index < -0.39 is 0 Å². The second-order valence-corrected chi connectivity index (χ2v) is 7.38. The minimum absolute atomic E-state index is 0.147. The standard InChI is InChI=1S/C21H25N5/c1-15-13-19(25-18-7-5-17(6-8-18)21(2,3)4)26-20(24-15)23-14-16-9-11-22-12-10-16/h5-13H,14H2,1-4H3,(H2,23,24,25,26). The lowest BCUT2D eigenvalue weighted by molar-refractivity contribution is 0.590. The summed E-state index contributed by atoms with van der Waals surface area (Å²) in [5.74, 6) is 1.38. The van der Waals surface area contributed by atoms with Crippen molar-refractivity contribution in [3.63, 3.8) is 0 Å². The highest BCUT2D eigenvalue weighted by Crippen LogP contribution is 2.25. The molecule has 0 atom stereocenters. The van der Waals surface area contributed by atoms with E-state index in [-0.39, 0.29) is 5.41 Å². The highest BCUT2D eigenvalue weighted by molar-refractivity contribution is 5.58. The van der Waals surface area contributed by atoms with Crippen molar-refractivity contribution in [1.82, 2.24) is 15.0 Å². The molecule has 3 rings (SSSR count). The van der Waals surface area contributed by atoms with Crippen LogP contribution in [0.5, 0.6) is 0 Å². The fraction of sp³-hybridized carbons (Fsp3) is 0.286. The number of hydrogen-bond donors (Lipinski definition) is 2. The molecule has 0 bridgehead atoms. The average molecular weight is 347 g/mol. The zero-order chi connectivity index (χ0) is 18.6. The first-order chi connectivity index (χ1) is 12.4. The number of nitrogens with one attached hydrogen (secondary N) is 2. The van der Waals surface area contributed by atoms with Gasteiger partial charge in [0.15, 0.2) is 0 Å². The number of aromatic nitrogens is 3. The summed E-state index contributed by atoms with van der Waals surface area (Å²) in [5, 5.41) is 6.63. The third kappa shape index (κ3) is 4.79. The summed E-state index contributed by atoms with van der Waals surface area (Å²) in [6.07, 6.45) is 3.56. The third-order valence-electron chi connectivity index (χ3n) is 4.08. The number of hydrogen-bond acceptors (Lipinski definition) is 5. The van der Waals surface area contributed by atoms with Crippen LogP contribution in [0.4, 0.5) is 17.5 Å². The Morgan fingerprint density at radius 1 is 0.923 bits per heavy atom.